The van der Waals surface area contributed by atoms with E-state index in [0.29, 0.717) is 22.3 Å². The molecule has 0 atom stereocenters. The van der Waals surface area contributed by atoms with Crippen LogP contribution in [0.1, 0.15) is 18.4 Å². The molecule has 146 valence electrons. The molecule has 0 spiro atoms. The van der Waals surface area contributed by atoms with Gasteiger partial charge in [-0.3, -0.25) is 9.48 Å². The van der Waals surface area contributed by atoms with E-state index in [1.54, 1.807) is 23.1 Å². The molecule has 1 saturated carbocycles. The SMILES string of the molecule is O=C(Nc1nccc2nn(Cc3cnc(OCC(F)F)c(F)c3)cc12)C1CC1. The van der Waals surface area contributed by atoms with E-state index < -0.39 is 24.7 Å². The first-order chi connectivity index (χ1) is 13.5. The quantitative estimate of drug-likeness (QED) is 0.670. The molecule has 0 radical (unpaired) electrons. The van der Waals surface area contributed by atoms with Crippen LogP contribution >= 0.6 is 0 Å². The summed E-state index contributed by atoms with van der Waals surface area (Å²) in [4.78, 5) is 19.9. The third kappa shape index (κ3) is 4.05. The number of alkyl halides is 2. The largest absolute Gasteiger partial charge is 0.470 e. The van der Waals surface area contributed by atoms with Crippen molar-refractivity contribution >= 4 is 22.6 Å². The molecule has 0 bridgehead atoms. The minimum absolute atomic E-state index is 0.0481. The first-order valence-corrected chi connectivity index (χ1v) is 8.68. The summed E-state index contributed by atoms with van der Waals surface area (Å²) in [5, 5.41) is 7.87. The lowest BCUT2D eigenvalue weighted by Gasteiger charge is -2.07. The molecule has 0 aromatic carbocycles. The molecule has 1 N–H and O–H groups in total. The molecule has 1 amide bonds. The van der Waals surface area contributed by atoms with Crippen molar-refractivity contribution in [2.45, 2.75) is 25.8 Å². The summed E-state index contributed by atoms with van der Waals surface area (Å²) in [5.74, 6) is -0.871. The fourth-order valence-corrected chi connectivity index (χ4v) is 2.73. The maximum absolute atomic E-state index is 14.0. The Hall–Kier alpha value is -3.17. The minimum Gasteiger partial charge on any atom is -0.470 e. The van der Waals surface area contributed by atoms with Crippen LogP contribution in [0, 0.1) is 11.7 Å². The van der Waals surface area contributed by atoms with Crippen LogP contribution in [0.15, 0.2) is 30.7 Å². The number of pyridine rings is 2. The summed E-state index contributed by atoms with van der Waals surface area (Å²) < 4.78 is 44.5. The molecule has 3 aromatic rings. The number of rotatable bonds is 7. The molecule has 1 aliphatic rings. The van der Waals surface area contributed by atoms with E-state index in [0.717, 1.165) is 18.9 Å². The normalized spacial score (nSPS) is 13.9. The maximum Gasteiger partial charge on any atom is 0.272 e. The van der Waals surface area contributed by atoms with Crippen molar-refractivity contribution in [1.29, 1.82) is 0 Å². The van der Waals surface area contributed by atoms with Gasteiger partial charge >= 0.3 is 0 Å². The summed E-state index contributed by atoms with van der Waals surface area (Å²) in [6.07, 6.45) is 3.65. The molecule has 10 heteroatoms. The Morgan fingerprint density at radius 3 is 2.89 bits per heavy atom. The second-order valence-electron chi connectivity index (χ2n) is 6.52. The van der Waals surface area contributed by atoms with E-state index in [2.05, 4.69) is 25.1 Å². The van der Waals surface area contributed by atoms with Crippen molar-refractivity contribution in [1.82, 2.24) is 19.7 Å². The van der Waals surface area contributed by atoms with Gasteiger partial charge in [0.15, 0.2) is 12.4 Å². The smallest absolute Gasteiger partial charge is 0.272 e. The van der Waals surface area contributed by atoms with Gasteiger partial charge in [-0.05, 0) is 30.5 Å². The number of nitrogens with zero attached hydrogens (tertiary/aromatic N) is 4. The Labute approximate surface area is 157 Å². The molecule has 4 rings (SSSR count). The van der Waals surface area contributed by atoms with Crippen LogP contribution in [-0.2, 0) is 11.3 Å². The van der Waals surface area contributed by atoms with E-state index in [1.165, 1.54) is 6.20 Å². The highest BCUT2D eigenvalue weighted by Gasteiger charge is 2.30. The lowest BCUT2D eigenvalue weighted by atomic mass is 10.2. The maximum atomic E-state index is 14.0. The van der Waals surface area contributed by atoms with Crippen molar-refractivity contribution in [2.24, 2.45) is 5.92 Å². The highest BCUT2D eigenvalue weighted by atomic mass is 19.3. The lowest BCUT2D eigenvalue weighted by Crippen LogP contribution is -2.14. The summed E-state index contributed by atoms with van der Waals surface area (Å²) in [6, 6.07) is 2.87. The van der Waals surface area contributed by atoms with Crippen LogP contribution in [0.4, 0.5) is 19.0 Å². The number of halogens is 3. The molecule has 7 nitrogen and oxygen atoms in total. The van der Waals surface area contributed by atoms with Gasteiger partial charge in [0, 0.05) is 24.5 Å². The third-order valence-electron chi connectivity index (χ3n) is 4.23. The predicted molar refractivity (Wildman–Crippen MR) is 93.7 cm³/mol. The second-order valence-corrected chi connectivity index (χ2v) is 6.52. The van der Waals surface area contributed by atoms with Crippen LogP contribution in [0.25, 0.3) is 10.9 Å². The van der Waals surface area contributed by atoms with Crippen LogP contribution in [-0.4, -0.2) is 38.7 Å². The molecule has 28 heavy (non-hydrogen) atoms. The number of anilines is 1. The number of aromatic nitrogens is 4. The molecule has 0 aliphatic heterocycles. The fourth-order valence-electron chi connectivity index (χ4n) is 2.73. The molecule has 3 heterocycles. The zero-order valence-electron chi connectivity index (χ0n) is 14.6. The van der Waals surface area contributed by atoms with E-state index >= 15 is 0 Å². The summed E-state index contributed by atoms with van der Waals surface area (Å²) >= 11 is 0. The monoisotopic (exact) mass is 391 g/mol. The topological polar surface area (TPSA) is 81.9 Å². The van der Waals surface area contributed by atoms with Gasteiger partial charge in [-0.15, -0.1) is 0 Å². The molecular formula is C18H16F3N5O2. The van der Waals surface area contributed by atoms with E-state index in [1.807, 2.05) is 0 Å². The number of fused-ring (bicyclic) bond motifs is 1. The van der Waals surface area contributed by atoms with Crippen LogP contribution in [0.2, 0.25) is 0 Å². The standard InChI is InChI=1S/C18H16F3N5O2/c19-13-5-10(6-23-18(13)28-9-15(20)21)7-26-8-12-14(25-26)3-4-22-16(12)24-17(27)11-1-2-11/h3-6,8,11,15H,1-2,7,9H2,(H,22,24,27). The number of carbonyl (C=O) groups excluding carboxylic acids is 1. The predicted octanol–water partition coefficient (Wildman–Crippen LogP) is 3.01. The first-order valence-electron chi connectivity index (χ1n) is 8.68. The number of carbonyl (C=O) groups is 1. The Morgan fingerprint density at radius 2 is 2.18 bits per heavy atom. The van der Waals surface area contributed by atoms with E-state index in [4.69, 9.17) is 0 Å². The lowest BCUT2D eigenvalue weighted by molar-refractivity contribution is -0.117. The highest BCUT2D eigenvalue weighted by Crippen LogP contribution is 2.31. The van der Waals surface area contributed by atoms with Gasteiger partial charge in [0.05, 0.1) is 17.4 Å². The van der Waals surface area contributed by atoms with Gasteiger partial charge in [0.25, 0.3) is 12.3 Å². The average molecular weight is 391 g/mol. The zero-order valence-corrected chi connectivity index (χ0v) is 14.6. The fraction of sp³-hybridized carbons (Fsp3) is 0.333. The average Bonchev–Trinajstić information content (AvgIpc) is 3.42. The molecule has 3 aromatic heterocycles. The van der Waals surface area contributed by atoms with Gasteiger partial charge in [0.2, 0.25) is 5.91 Å². The number of hydrogen-bond acceptors (Lipinski definition) is 5. The summed E-state index contributed by atoms with van der Waals surface area (Å²) in [5.41, 5.74) is 1.11. The minimum atomic E-state index is -2.71. The second kappa shape index (κ2) is 7.45. The zero-order chi connectivity index (χ0) is 19.7. The van der Waals surface area contributed by atoms with E-state index in [-0.39, 0.29) is 18.4 Å². The van der Waals surface area contributed by atoms with Gasteiger partial charge in [-0.25, -0.2) is 23.1 Å². The molecule has 0 saturated heterocycles. The van der Waals surface area contributed by atoms with Crippen molar-refractivity contribution in [3.63, 3.8) is 0 Å². The Balaban J connectivity index is 1.51. The highest BCUT2D eigenvalue weighted by molar-refractivity contribution is 6.00. The molecular weight excluding hydrogens is 375 g/mol. The van der Waals surface area contributed by atoms with Gasteiger partial charge in [-0.2, -0.15) is 5.10 Å². The summed E-state index contributed by atoms with van der Waals surface area (Å²) in [7, 11) is 0. The third-order valence-corrected chi connectivity index (χ3v) is 4.23. The Bertz CT molecular complexity index is 1020. The first kappa shape index (κ1) is 18.2. The molecule has 1 fully saturated rings. The van der Waals surface area contributed by atoms with Gasteiger partial charge in [0.1, 0.15) is 5.82 Å². The van der Waals surface area contributed by atoms with Crippen molar-refractivity contribution in [3.8, 4) is 5.88 Å². The van der Waals surface area contributed by atoms with Gasteiger partial charge in [-0.1, -0.05) is 0 Å². The van der Waals surface area contributed by atoms with Crippen molar-refractivity contribution < 1.29 is 22.7 Å². The number of amides is 1. The number of ether oxygens (including phenoxy) is 1. The molecule has 0 unspecified atom stereocenters. The summed E-state index contributed by atoms with van der Waals surface area (Å²) in [6.45, 7) is -0.722. The van der Waals surface area contributed by atoms with Crippen LogP contribution in [0.5, 0.6) is 5.88 Å². The van der Waals surface area contributed by atoms with Crippen LogP contribution < -0.4 is 10.1 Å². The molecule has 1 aliphatic carbocycles. The van der Waals surface area contributed by atoms with Crippen molar-refractivity contribution in [2.75, 3.05) is 11.9 Å². The van der Waals surface area contributed by atoms with E-state index in [9.17, 15) is 18.0 Å². The Kier molecular flexibility index (Phi) is 4.84. The number of hydrogen-bond donors (Lipinski definition) is 1. The van der Waals surface area contributed by atoms with Crippen molar-refractivity contribution in [3.05, 3.63) is 42.1 Å². The van der Waals surface area contributed by atoms with Gasteiger partial charge < -0.3 is 10.1 Å². The Morgan fingerprint density at radius 1 is 1.36 bits per heavy atom. The number of nitrogens with one attached hydrogen (secondary N) is 1. The van der Waals surface area contributed by atoms with Crippen LogP contribution in [0.3, 0.4) is 0 Å².